The monoisotopic (exact) mass is 406 g/mol. The maximum absolute atomic E-state index is 12.9. The quantitative estimate of drug-likeness (QED) is 0.524. The minimum atomic E-state index is -0.280. The van der Waals surface area contributed by atoms with E-state index in [0.717, 1.165) is 5.56 Å². The first-order valence-electron chi connectivity index (χ1n) is 8.88. The predicted octanol–water partition coefficient (Wildman–Crippen LogP) is 3.37. The number of nitrogens with zero attached hydrogens (tertiary/aromatic N) is 1. The Morgan fingerprint density at radius 1 is 1.21 bits per heavy atom. The molecule has 2 aromatic carbocycles. The van der Waals surface area contributed by atoms with Crippen LogP contribution in [0.5, 0.6) is 5.75 Å². The van der Waals surface area contributed by atoms with Gasteiger partial charge >= 0.3 is 0 Å². The first kappa shape index (κ1) is 21.5. The summed E-state index contributed by atoms with van der Waals surface area (Å²) >= 11 is 0. The van der Waals surface area contributed by atoms with Crippen LogP contribution in [0.3, 0.4) is 0 Å². The van der Waals surface area contributed by atoms with Gasteiger partial charge in [0.05, 0.1) is 0 Å². The zero-order valence-corrected chi connectivity index (χ0v) is 16.2. The third-order valence-corrected chi connectivity index (χ3v) is 4.63. The van der Waals surface area contributed by atoms with Gasteiger partial charge < -0.3 is 20.7 Å². The molecule has 1 fully saturated rings. The highest BCUT2D eigenvalue weighted by atomic mass is 35.5. The van der Waals surface area contributed by atoms with E-state index < -0.39 is 0 Å². The molecule has 0 unspecified atom stereocenters. The fourth-order valence-corrected chi connectivity index (χ4v) is 3.04. The maximum atomic E-state index is 12.9. The van der Waals surface area contributed by atoms with Crippen molar-refractivity contribution in [3.63, 3.8) is 0 Å². The van der Waals surface area contributed by atoms with Gasteiger partial charge in [-0.25, -0.2) is 4.39 Å². The van der Waals surface area contributed by atoms with Gasteiger partial charge in [0, 0.05) is 30.8 Å². The number of amides is 1. The summed E-state index contributed by atoms with van der Waals surface area (Å²) in [6.45, 7) is 1.56. The summed E-state index contributed by atoms with van der Waals surface area (Å²) in [5.74, 6) is 0.277. The number of guanidine groups is 1. The number of piperidine rings is 1. The van der Waals surface area contributed by atoms with Crippen molar-refractivity contribution in [3.05, 3.63) is 59.9 Å². The minimum Gasteiger partial charge on any atom is -0.489 e. The molecule has 1 aliphatic rings. The molecule has 1 heterocycles. The summed E-state index contributed by atoms with van der Waals surface area (Å²) in [5, 5.41) is 10.4. The Kier molecular flexibility index (Phi) is 7.63. The number of carbonyl (C=O) groups is 1. The summed E-state index contributed by atoms with van der Waals surface area (Å²) in [7, 11) is 0. The van der Waals surface area contributed by atoms with Crippen LogP contribution in [0.1, 0.15) is 18.4 Å². The largest absolute Gasteiger partial charge is 0.489 e. The number of rotatable bonds is 5. The van der Waals surface area contributed by atoms with Crippen molar-refractivity contribution in [1.29, 1.82) is 5.41 Å². The number of hydrogen-bond donors (Lipinski definition) is 3. The van der Waals surface area contributed by atoms with Crippen LogP contribution in [0.2, 0.25) is 0 Å². The van der Waals surface area contributed by atoms with Crippen LogP contribution in [0, 0.1) is 17.1 Å². The van der Waals surface area contributed by atoms with Gasteiger partial charge in [0.2, 0.25) is 5.91 Å². The van der Waals surface area contributed by atoms with Gasteiger partial charge in [-0.3, -0.25) is 10.2 Å². The van der Waals surface area contributed by atoms with Crippen LogP contribution in [0.4, 0.5) is 10.1 Å². The van der Waals surface area contributed by atoms with E-state index in [4.69, 9.17) is 15.9 Å². The van der Waals surface area contributed by atoms with Crippen molar-refractivity contribution in [2.24, 2.45) is 11.7 Å². The third-order valence-electron chi connectivity index (χ3n) is 4.63. The number of ether oxygens (including phenoxy) is 1. The van der Waals surface area contributed by atoms with E-state index in [1.807, 2.05) is 18.2 Å². The number of hydrogen-bond acceptors (Lipinski definition) is 3. The topological polar surface area (TPSA) is 91.4 Å². The van der Waals surface area contributed by atoms with Gasteiger partial charge in [-0.1, -0.05) is 18.2 Å². The number of benzene rings is 2. The van der Waals surface area contributed by atoms with E-state index in [1.165, 1.54) is 12.1 Å². The molecule has 0 radical (unpaired) electrons. The number of halogens is 2. The molecule has 8 heteroatoms. The van der Waals surface area contributed by atoms with Crippen LogP contribution < -0.4 is 15.8 Å². The molecule has 0 spiro atoms. The zero-order valence-electron chi connectivity index (χ0n) is 15.4. The van der Waals surface area contributed by atoms with Crippen molar-refractivity contribution in [1.82, 2.24) is 4.90 Å². The molecule has 28 heavy (non-hydrogen) atoms. The molecule has 6 nitrogen and oxygen atoms in total. The molecule has 0 aromatic heterocycles. The van der Waals surface area contributed by atoms with Gasteiger partial charge in [-0.05, 0) is 42.7 Å². The van der Waals surface area contributed by atoms with Crippen molar-refractivity contribution in [2.45, 2.75) is 19.4 Å². The molecular formula is C20H24ClFN4O2. The second kappa shape index (κ2) is 9.94. The first-order chi connectivity index (χ1) is 13.0. The molecule has 4 N–H and O–H groups in total. The van der Waals surface area contributed by atoms with Crippen molar-refractivity contribution < 1.29 is 13.9 Å². The number of anilines is 1. The lowest BCUT2D eigenvalue weighted by Gasteiger charge is -2.31. The Hall–Kier alpha value is -2.80. The van der Waals surface area contributed by atoms with Gasteiger partial charge in [0.1, 0.15) is 18.2 Å². The van der Waals surface area contributed by atoms with E-state index >= 15 is 0 Å². The van der Waals surface area contributed by atoms with Crippen LogP contribution in [0.25, 0.3) is 0 Å². The number of nitrogens with two attached hydrogens (primary N) is 1. The predicted molar refractivity (Wildman–Crippen MR) is 109 cm³/mol. The number of nitrogens with one attached hydrogen (secondary N) is 2. The molecule has 2 aromatic rings. The van der Waals surface area contributed by atoms with Crippen LogP contribution in [-0.2, 0) is 11.4 Å². The molecule has 150 valence electrons. The van der Waals surface area contributed by atoms with E-state index in [-0.39, 0.29) is 36.0 Å². The summed E-state index contributed by atoms with van der Waals surface area (Å²) in [6.07, 6.45) is 1.35. The Morgan fingerprint density at radius 2 is 1.89 bits per heavy atom. The standard InChI is InChI=1S/C20H23FN4O2.ClH/c21-16-6-4-14(5-7-16)13-27-18-3-1-2-17(12-18)24-19(26)15-8-10-25(11-9-15)20(22)23;/h1-7,12,15H,8-11,13H2,(H3,22,23)(H,24,26);1H. The van der Waals surface area contributed by atoms with Crippen LogP contribution >= 0.6 is 12.4 Å². The number of carbonyl (C=O) groups excluding carboxylic acids is 1. The van der Waals surface area contributed by atoms with E-state index in [2.05, 4.69) is 5.32 Å². The fourth-order valence-electron chi connectivity index (χ4n) is 3.04. The fraction of sp³-hybridized carbons (Fsp3) is 0.300. The highest BCUT2D eigenvalue weighted by Crippen LogP contribution is 2.22. The second-order valence-electron chi connectivity index (χ2n) is 6.58. The molecule has 0 bridgehead atoms. The molecule has 3 rings (SSSR count). The normalized spacial score (nSPS) is 14.1. The number of likely N-dealkylation sites (tertiary alicyclic amines) is 1. The van der Waals surface area contributed by atoms with E-state index in [9.17, 15) is 9.18 Å². The SMILES string of the molecule is Cl.N=C(N)N1CCC(C(=O)Nc2cccc(OCc3ccc(F)cc3)c2)CC1. The van der Waals surface area contributed by atoms with Gasteiger partial charge in [0.25, 0.3) is 0 Å². The molecular weight excluding hydrogens is 383 g/mol. The molecule has 0 saturated carbocycles. The lowest BCUT2D eigenvalue weighted by molar-refractivity contribution is -0.121. The highest BCUT2D eigenvalue weighted by Gasteiger charge is 2.25. The van der Waals surface area contributed by atoms with Gasteiger partial charge in [-0.15, -0.1) is 12.4 Å². The summed E-state index contributed by atoms with van der Waals surface area (Å²) in [6, 6.07) is 13.3. The Labute approximate surface area is 169 Å². The first-order valence-corrected chi connectivity index (χ1v) is 8.88. The smallest absolute Gasteiger partial charge is 0.227 e. The van der Waals surface area contributed by atoms with Crippen molar-refractivity contribution >= 4 is 30.0 Å². The second-order valence-corrected chi connectivity index (χ2v) is 6.58. The molecule has 1 amide bonds. The maximum Gasteiger partial charge on any atom is 0.227 e. The third kappa shape index (κ3) is 5.85. The Bertz CT molecular complexity index is 808. The van der Waals surface area contributed by atoms with Gasteiger partial charge in [-0.2, -0.15) is 0 Å². The van der Waals surface area contributed by atoms with E-state index in [0.29, 0.717) is 44.0 Å². The Morgan fingerprint density at radius 3 is 2.54 bits per heavy atom. The lowest BCUT2D eigenvalue weighted by Crippen LogP contribution is -2.44. The highest BCUT2D eigenvalue weighted by molar-refractivity contribution is 5.93. The minimum absolute atomic E-state index is 0. The molecule has 1 saturated heterocycles. The van der Waals surface area contributed by atoms with Crippen molar-refractivity contribution in [3.8, 4) is 5.75 Å². The summed E-state index contributed by atoms with van der Waals surface area (Å²) < 4.78 is 18.7. The molecule has 1 aliphatic heterocycles. The summed E-state index contributed by atoms with van der Waals surface area (Å²) in [5.41, 5.74) is 7.02. The lowest BCUT2D eigenvalue weighted by atomic mass is 9.96. The molecule has 0 aliphatic carbocycles. The van der Waals surface area contributed by atoms with Crippen LogP contribution in [-0.4, -0.2) is 29.9 Å². The summed E-state index contributed by atoms with van der Waals surface area (Å²) in [4.78, 5) is 14.2. The van der Waals surface area contributed by atoms with Gasteiger partial charge in [0.15, 0.2) is 5.96 Å². The Balaban J connectivity index is 0.00000280. The average molecular weight is 407 g/mol. The average Bonchev–Trinajstić information content (AvgIpc) is 2.68. The zero-order chi connectivity index (χ0) is 19.2. The molecule has 0 atom stereocenters. The van der Waals surface area contributed by atoms with Crippen molar-refractivity contribution in [2.75, 3.05) is 18.4 Å². The van der Waals surface area contributed by atoms with E-state index in [1.54, 1.807) is 23.1 Å². The van der Waals surface area contributed by atoms with Crippen LogP contribution in [0.15, 0.2) is 48.5 Å².